The quantitative estimate of drug-likeness (QED) is 0.925. The van der Waals surface area contributed by atoms with Gasteiger partial charge in [0.05, 0.1) is 5.54 Å². The average molecular weight is 265 g/mol. The summed E-state index contributed by atoms with van der Waals surface area (Å²) < 4.78 is 1.92. The van der Waals surface area contributed by atoms with Crippen molar-refractivity contribution in [2.24, 2.45) is 0 Å². The molecule has 6 heteroatoms. The van der Waals surface area contributed by atoms with Crippen LogP contribution in [-0.2, 0) is 5.54 Å². The van der Waals surface area contributed by atoms with Gasteiger partial charge in [-0.15, -0.1) is 10.2 Å². The highest BCUT2D eigenvalue weighted by Gasteiger charge is 2.37. The summed E-state index contributed by atoms with van der Waals surface area (Å²) in [4.78, 5) is 0.912. The molecular formula is C12H19N5S. The lowest BCUT2D eigenvalue weighted by Crippen LogP contribution is -2.36. The Labute approximate surface area is 111 Å². The number of hydrogen-bond donors (Lipinski definition) is 1. The lowest BCUT2D eigenvalue weighted by atomic mass is 9.95. The number of rotatable bonds is 3. The summed E-state index contributed by atoms with van der Waals surface area (Å²) in [6.07, 6.45) is 3.48. The molecule has 3 heterocycles. The first-order chi connectivity index (χ1) is 8.66. The summed E-state index contributed by atoms with van der Waals surface area (Å²) in [5, 5.41) is 18.0. The van der Waals surface area contributed by atoms with Gasteiger partial charge in [0.15, 0.2) is 5.82 Å². The predicted octanol–water partition coefficient (Wildman–Crippen LogP) is 2.30. The molecule has 0 spiro atoms. The smallest absolute Gasteiger partial charge is 0.234 e. The standard InChI is InChI=1S/C12H19N5S/c1-4-12(6-5-7-13-12)10-16-17-9(8(2)3)14-15-11(17)18-10/h8,13H,4-7H2,1-3H3. The van der Waals surface area contributed by atoms with Crippen LogP contribution in [0.5, 0.6) is 0 Å². The maximum atomic E-state index is 4.77. The monoisotopic (exact) mass is 265 g/mol. The second-order valence-corrected chi connectivity index (χ2v) is 6.24. The van der Waals surface area contributed by atoms with Crippen molar-refractivity contribution in [1.82, 2.24) is 25.1 Å². The molecule has 1 saturated heterocycles. The molecule has 0 radical (unpaired) electrons. The SMILES string of the molecule is CCC1(c2nn3c(C(C)C)nnc3s2)CCCN1. The van der Waals surface area contributed by atoms with E-state index in [1.807, 2.05) is 4.52 Å². The van der Waals surface area contributed by atoms with Gasteiger partial charge in [0, 0.05) is 5.92 Å². The first-order valence-corrected chi connectivity index (χ1v) is 7.45. The van der Waals surface area contributed by atoms with Gasteiger partial charge >= 0.3 is 0 Å². The predicted molar refractivity (Wildman–Crippen MR) is 72.0 cm³/mol. The topological polar surface area (TPSA) is 55.1 Å². The Morgan fingerprint density at radius 3 is 2.89 bits per heavy atom. The second kappa shape index (κ2) is 4.28. The molecule has 0 saturated carbocycles. The molecule has 2 aromatic rings. The minimum Gasteiger partial charge on any atom is -0.305 e. The molecule has 3 rings (SSSR count). The Balaban J connectivity index is 2.08. The summed E-state index contributed by atoms with van der Waals surface area (Å²) in [5.41, 5.74) is 0.0691. The zero-order valence-corrected chi connectivity index (χ0v) is 11.9. The van der Waals surface area contributed by atoms with Gasteiger partial charge in [-0.3, -0.25) is 0 Å². The van der Waals surface area contributed by atoms with E-state index in [0.29, 0.717) is 5.92 Å². The Morgan fingerprint density at radius 2 is 2.28 bits per heavy atom. The van der Waals surface area contributed by atoms with Crippen molar-refractivity contribution in [3.63, 3.8) is 0 Å². The van der Waals surface area contributed by atoms with Crippen LogP contribution < -0.4 is 5.32 Å². The van der Waals surface area contributed by atoms with Crippen LogP contribution in [0.2, 0.25) is 0 Å². The van der Waals surface area contributed by atoms with E-state index in [2.05, 4.69) is 36.3 Å². The minimum atomic E-state index is 0.0691. The van der Waals surface area contributed by atoms with Gasteiger partial charge in [0.25, 0.3) is 0 Å². The molecule has 2 aromatic heterocycles. The highest BCUT2D eigenvalue weighted by atomic mass is 32.1. The third kappa shape index (κ3) is 1.66. The molecule has 1 fully saturated rings. The molecule has 0 aliphatic carbocycles. The number of nitrogens with one attached hydrogen (secondary N) is 1. The van der Waals surface area contributed by atoms with E-state index >= 15 is 0 Å². The minimum absolute atomic E-state index is 0.0691. The molecule has 1 aliphatic heterocycles. The number of aromatic nitrogens is 4. The van der Waals surface area contributed by atoms with Crippen LogP contribution in [0.4, 0.5) is 0 Å². The van der Waals surface area contributed by atoms with E-state index in [9.17, 15) is 0 Å². The van der Waals surface area contributed by atoms with E-state index in [-0.39, 0.29) is 5.54 Å². The van der Waals surface area contributed by atoms with E-state index in [0.717, 1.165) is 28.8 Å². The fraction of sp³-hybridized carbons (Fsp3) is 0.750. The maximum Gasteiger partial charge on any atom is 0.234 e. The van der Waals surface area contributed by atoms with Gasteiger partial charge in [-0.2, -0.15) is 9.61 Å². The summed E-state index contributed by atoms with van der Waals surface area (Å²) in [5.74, 6) is 1.31. The third-order valence-electron chi connectivity index (χ3n) is 3.79. The van der Waals surface area contributed by atoms with Gasteiger partial charge in [0.1, 0.15) is 5.01 Å². The molecule has 0 amide bonds. The highest BCUT2D eigenvalue weighted by molar-refractivity contribution is 7.16. The van der Waals surface area contributed by atoms with Crippen molar-refractivity contribution in [3.05, 3.63) is 10.8 Å². The van der Waals surface area contributed by atoms with Gasteiger partial charge < -0.3 is 5.32 Å². The Morgan fingerprint density at radius 1 is 1.44 bits per heavy atom. The Bertz CT molecular complexity index is 550. The Hall–Kier alpha value is -1.01. The van der Waals surface area contributed by atoms with Crippen LogP contribution in [-0.4, -0.2) is 26.4 Å². The second-order valence-electron chi connectivity index (χ2n) is 5.28. The summed E-state index contributed by atoms with van der Waals surface area (Å²) in [6.45, 7) is 7.56. The molecule has 1 N–H and O–H groups in total. The van der Waals surface area contributed by atoms with Crippen LogP contribution in [0, 0.1) is 0 Å². The summed E-state index contributed by atoms with van der Waals surface area (Å²) in [6, 6.07) is 0. The van der Waals surface area contributed by atoms with E-state index < -0.39 is 0 Å². The lowest BCUT2D eigenvalue weighted by Gasteiger charge is -2.24. The largest absolute Gasteiger partial charge is 0.305 e. The van der Waals surface area contributed by atoms with Crippen LogP contribution >= 0.6 is 11.3 Å². The zero-order valence-electron chi connectivity index (χ0n) is 11.1. The fourth-order valence-corrected chi connectivity index (χ4v) is 3.74. The van der Waals surface area contributed by atoms with Crippen molar-refractivity contribution in [1.29, 1.82) is 0 Å². The summed E-state index contributed by atoms with van der Waals surface area (Å²) >= 11 is 1.67. The first kappa shape index (κ1) is 12.0. The normalized spacial score (nSPS) is 24.4. The molecule has 0 aromatic carbocycles. The van der Waals surface area contributed by atoms with Crippen LogP contribution in [0.1, 0.15) is 56.8 Å². The zero-order chi connectivity index (χ0) is 12.8. The van der Waals surface area contributed by atoms with Crippen molar-refractivity contribution < 1.29 is 0 Å². The van der Waals surface area contributed by atoms with Gasteiger partial charge in [0.2, 0.25) is 4.96 Å². The van der Waals surface area contributed by atoms with Gasteiger partial charge in [-0.1, -0.05) is 32.1 Å². The summed E-state index contributed by atoms with van der Waals surface area (Å²) in [7, 11) is 0. The van der Waals surface area contributed by atoms with E-state index in [4.69, 9.17) is 5.10 Å². The van der Waals surface area contributed by atoms with E-state index in [1.165, 1.54) is 12.8 Å². The van der Waals surface area contributed by atoms with Crippen molar-refractivity contribution in [2.75, 3.05) is 6.54 Å². The van der Waals surface area contributed by atoms with Crippen molar-refractivity contribution in [2.45, 2.75) is 51.5 Å². The highest BCUT2D eigenvalue weighted by Crippen LogP contribution is 2.36. The number of fused-ring (bicyclic) bond motifs is 1. The molecule has 5 nitrogen and oxygen atoms in total. The van der Waals surface area contributed by atoms with Gasteiger partial charge in [-0.25, -0.2) is 0 Å². The average Bonchev–Trinajstić information content (AvgIpc) is 3.03. The van der Waals surface area contributed by atoms with Crippen LogP contribution in [0.25, 0.3) is 4.96 Å². The lowest BCUT2D eigenvalue weighted by molar-refractivity contribution is 0.370. The van der Waals surface area contributed by atoms with Gasteiger partial charge in [-0.05, 0) is 25.8 Å². The molecule has 98 valence electrons. The molecule has 1 aliphatic rings. The van der Waals surface area contributed by atoms with Crippen molar-refractivity contribution >= 4 is 16.3 Å². The molecule has 0 bridgehead atoms. The van der Waals surface area contributed by atoms with Crippen LogP contribution in [0.15, 0.2) is 0 Å². The van der Waals surface area contributed by atoms with E-state index in [1.54, 1.807) is 11.3 Å². The Kier molecular flexibility index (Phi) is 2.86. The third-order valence-corrected chi connectivity index (χ3v) is 4.89. The molecule has 1 atom stereocenters. The molecular weight excluding hydrogens is 246 g/mol. The van der Waals surface area contributed by atoms with Crippen molar-refractivity contribution in [3.8, 4) is 0 Å². The maximum absolute atomic E-state index is 4.77. The number of nitrogens with zero attached hydrogens (tertiary/aromatic N) is 4. The van der Waals surface area contributed by atoms with Crippen LogP contribution in [0.3, 0.4) is 0 Å². The number of hydrogen-bond acceptors (Lipinski definition) is 5. The molecule has 18 heavy (non-hydrogen) atoms. The first-order valence-electron chi connectivity index (χ1n) is 6.64. The molecule has 1 unspecified atom stereocenters. The fourth-order valence-electron chi connectivity index (χ4n) is 2.63.